The molecular formula is C24H25N5O6. The molecule has 1 atom stereocenters. The van der Waals surface area contributed by atoms with Crippen LogP contribution in [0.5, 0.6) is 0 Å². The van der Waals surface area contributed by atoms with Gasteiger partial charge in [-0.25, -0.2) is 14.3 Å². The third kappa shape index (κ3) is 5.30. The number of alkyl carbamates (subject to hydrolysis) is 1. The number of amides is 2. The minimum absolute atomic E-state index is 0.0357. The second-order valence-electron chi connectivity index (χ2n) is 8.38. The highest BCUT2D eigenvalue weighted by Crippen LogP contribution is 2.44. The highest BCUT2D eigenvalue weighted by Gasteiger charge is 2.31. The molecule has 1 heterocycles. The molecule has 2 aromatic carbocycles. The van der Waals surface area contributed by atoms with Crippen molar-refractivity contribution < 1.29 is 29.3 Å². The van der Waals surface area contributed by atoms with E-state index in [1.165, 1.54) is 10.9 Å². The van der Waals surface area contributed by atoms with Crippen LogP contribution in [0.25, 0.3) is 11.1 Å². The predicted molar refractivity (Wildman–Crippen MR) is 124 cm³/mol. The first-order valence-electron chi connectivity index (χ1n) is 11.0. The van der Waals surface area contributed by atoms with Crippen LogP contribution in [0.1, 0.15) is 34.5 Å². The van der Waals surface area contributed by atoms with Crippen LogP contribution in [0.4, 0.5) is 4.79 Å². The number of carbonyl (C=O) groups is 3. The van der Waals surface area contributed by atoms with Crippen molar-refractivity contribution in [1.82, 2.24) is 25.6 Å². The SMILES string of the molecule is CC(O)(CNC(=O)c1cn(CCNC(=O)OCC2c3ccccc3-c3ccccc32)nn1)C(=O)O. The van der Waals surface area contributed by atoms with E-state index in [9.17, 15) is 19.5 Å². The van der Waals surface area contributed by atoms with Gasteiger partial charge in [-0.05, 0) is 29.2 Å². The predicted octanol–water partition coefficient (Wildman–Crippen LogP) is 1.38. The number of carboxylic acid groups (broad SMARTS) is 1. The van der Waals surface area contributed by atoms with Crippen LogP contribution in [0.2, 0.25) is 0 Å². The molecule has 1 unspecified atom stereocenters. The van der Waals surface area contributed by atoms with Gasteiger partial charge in [0.2, 0.25) is 0 Å². The third-order valence-electron chi connectivity index (χ3n) is 5.78. The molecule has 11 nitrogen and oxygen atoms in total. The van der Waals surface area contributed by atoms with Gasteiger partial charge in [0.1, 0.15) is 6.61 Å². The Morgan fingerprint density at radius 3 is 2.31 bits per heavy atom. The lowest BCUT2D eigenvalue weighted by molar-refractivity contribution is -0.155. The molecule has 4 rings (SSSR count). The minimum Gasteiger partial charge on any atom is -0.479 e. The molecule has 0 bridgehead atoms. The first-order chi connectivity index (χ1) is 16.8. The lowest BCUT2D eigenvalue weighted by Crippen LogP contribution is -2.46. The fourth-order valence-electron chi connectivity index (χ4n) is 3.85. The van der Waals surface area contributed by atoms with E-state index in [1.54, 1.807) is 0 Å². The van der Waals surface area contributed by atoms with Crippen molar-refractivity contribution in [2.45, 2.75) is 25.0 Å². The van der Waals surface area contributed by atoms with Crippen LogP contribution >= 0.6 is 0 Å². The Kier molecular flexibility index (Phi) is 6.78. The Balaban J connectivity index is 1.24. The fraction of sp³-hybridized carbons (Fsp3) is 0.292. The van der Waals surface area contributed by atoms with Crippen molar-refractivity contribution in [1.29, 1.82) is 0 Å². The Labute approximate surface area is 200 Å². The average Bonchev–Trinajstić information content (AvgIpc) is 3.44. The fourth-order valence-corrected chi connectivity index (χ4v) is 3.85. The second kappa shape index (κ2) is 9.94. The summed E-state index contributed by atoms with van der Waals surface area (Å²) in [5.74, 6) is -2.17. The molecule has 11 heteroatoms. The smallest absolute Gasteiger partial charge is 0.407 e. The zero-order chi connectivity index (χ0) is 25.0. The summed E-state index contributed by atoms with van der Waals surface area (Å²) in [7, 11) is 0. The molecule has 0 radical (unpaired) electrons. The lowest BCUT2D eigenvalue weighted by Gasteiger charge is -2.17. The molecule has 1 aromatic heterocycles. The van der Waals surface area contributed by atoms with Crippen molar-refractivity contribution in [3.63, 3.8) is 0 Å². The van der Waals surface area contributed by atoms with Crippen LogP contribution in [0.15, 0.2) is 54.7 Å². The first-order valence-corrected chi connectivity index (χ1v) is 11.0. The molecule has 182 valence electrons. The standard InChI is InChI=1S/C24H25N5O6/c1-24(34,22(31)32)14-26-21(30)20-12-29(28-27-20)11-10-25-23(33)35-13-19-17-8-4-2-6-15(17)16-7-3-5-9-18(16)19/h2-9,12,19,34H,10-11,13-14H2,1H3,(H,25,33)(H,26,30)(H,31,32). The summed E-state index contributed by atoms with van der Waals surface area (Å²) in [5.41, 5.74) is 2.40. The van der Waals surface area contributed by atoms with E-state index in [0.29, 0.717) is 0 Å². The van der Waals surface area contributed by atoms with Crippen molar-refractivity contribution >= 4 is 18.0 Å². The number of aliphatic hydroxyl groups is 1. The Bertz CT molecular complexity index is 1210. The topological polar surface area (TPSA) is 156 Å². The lowest BCUT2D eigenvalue weighted by atomic mass is 9.98. The number of aromatic nitrogens is 3. The Morgan fingerprint density at radius 1 is 1.06 bits per heavy atom. The maximum absolute atomic E-state index is 12.2. The quantitative estimate of drug-likeness (QED) is 0.359. The zero-order valence-corrected chi connectivity index (χ0v) is 19.0. The van der Waals surface area contributed by atoms with Crippen LogP contribution in [0, 0.1) is 0 Å². The number of carboxylic acids is 1. The van der Waals surface area contributed by atoms with Crippen molar-refractivity contribution in [2.24, 2.45) is 0 Å². The Morgan fingerprint density at radius 2 is 1.69 bits per heavy atom. The maximum atomic E-state index is 12.2. The summed E-state index contributed by atoms with van der Waals surface area (Å²) in [4.78, 5) is 35.2. The van der Waals surface area contributed by atoms with E-state index in [-0.39, 0.29) is 31.3 Å². The van der Waals surface area contributed by atoms with Crippen LogP contribution in [-0.2, 0) is 16.1 Å². The maximum Gasteiger partial charge on any atom is 0.407 e. The number of nitrogens with zero attached hydrogens (tertiary/aromatic N) is 3. The van der Waals surface area contributed by atoms with Gasteiger partial charge in [-0.15, -0.1) is 5.10 Å². The molecule has 1 aliphatic carbocycles. The molecule has 0 aliphatic heterocycles. The number of fused-ring (bicyclic) bond motifs is 3. The summed E-state index contributed by atoms with van der Waals surface area (Å²) < 4.78 is 6.83. The molecule has 0 saturated heterocycles. The third-order valence-corrected chi connectivity index (χ3v) is 5.78. The summed E-state index contributed by atoms with van der Waals surface area (Å²) >= 11 is 0. The van der Waals surface area contributed by atoms with Gasteiger partial charge in [-0.3, -0.25) is 4.79 Å². The summed E-state index contributed by atoms with van der Waals surface area (Å²) in [5, 5.41) is 31.0. The first kappa shape index (κ1) is 23.9. The van der Waals surface area contributed by atoms with Crippen molar-refractivity contribution in [3.8, 4) is 11.1 Å². The number of nitrogens with one attached hydrogen (secondary N) is 2. The van der Waals surface area contributed by atoms with Gasteiger partial charge in [0.25, 0.3) is 5.91 Å². The Hall–Kier alpha value is -4.25. The monoisotopic (exact) mass is 479 g/mol. The van der Waals surface area contributed by atoms with Gasteiger partial charge in [0.05, 0.1) is 19.3 Å². The number of carbonyl (C=O) groups excluding carboxylic acids is 2. The number of rotatable bonds is 9. The summed E-state index contributed by atoms with van der Waals surface area (Å²) in [6.45, 7) is 1.21. The number of benzene rings is 2. The largest absolute Gasteiger partial charge is 0.479 e. The van der Waals surface area contributed by atoms with E-state index in [0.717, 1.165) is 29.2 Å². The molecule has 0 spiro atoms. The number of ether oxygens (including phenoxy) is 1. The van der Waals surface area contributed by atoms with Crippen LogP contribution in [0.3, 0.4) is 0 Å². The second-order valence-corrected chi connectivity index (χ2v) is 8.38. The minimum atomic E-state index is -2.10. The molecule has 4 N–H and O–H groups in total. The molecule has 0 saturated carbocycles. The highest BCUT2D eigenvalue weighted by atomic mass is 16.5. The van der Waals surface area contributed by atoms with Crippen molar-refractivity contribution in [3.05, 3.63) is 71.5 Å². The summed E-state index contributed by atoms with van der Waals surface area (Å²) in [6, 6.07) is 16.1. The van der Waals surface area contributed by atoms with E-state index in [2.05, 4.69) is 33.1 Å². The van der Waals surface area contributed by atoms with Gasteiger partial charge < -0.3 is 25.6 Å². The van der Waals surface area contributed by atoms with E-state index < -0.39 is 30.1 Å². The number of aliphatic carboxylic acids is 1. The van der Waals surface area contributed by atoms with Gasteiger partial charge in [-0.1, -0.05) is 53.7 Å². The van der Waals surface area contributed by atoms with Gasteiger partial charge in [0.15, 0.2) is 11.3 Å². The van der Waals surface area contributed by atoms with E-state index in [1.807, 2.05) is 36.4 Å². The van der Waals surface area contributed by atoms with Gasteiger partial charge in [0, 0.05) is 12.5 Å². The molecule has 35 heavy (non-hydrogen) atoms. The van der Waals surface area contributed by atoms with Crippen LogP contribution < -0.4 is 10.6 Å². The normalized spacial score (nSPS) is 13.9. The van der Waals surface area contributed by atoms with Gasteiger partial charge in [-0.2, -0.15) is 0 Å². The zero-order valence-electron chi connectivity index (χ0n) is 19.0. The number of hydrogen-bond acceptors (Lipinski definition) is 7. The summed E-state index contributed by atoms with van der Waals surface area (Å²) in [6.07, 6.45) is 0.783. The highest BCUT2D eigenvalue weighted by molar-refractivity contribution is 5.92. The molecule has 2 amide bonds. The number of hydrogen-bond donors (Lipinski definition) is 4. The van der Waals surface area contributed by atoms with E-state index in [4.69, 9.17) is 9.84 Å². The average molecular weight is 479 g/mol. The van der Waals surface area contributed by atoms with E-state index >= 15 is 0 Å². The molecular weight excluding hydrogens is 454 g/mol. The molecule has 3 aromatic rings. The molecule has 0 fully saturated rings. The van der Waals surface area contributed by atoms with Crippen LogP contribution in [-0.4, -0.2) is 68.5 Å². The van der Waals surface area contributed by atoms with Crippen molar-refractivity contribution in [2.75, 3.05) is 19.7 Å². The molecule has 1 aliphatic rings. The van der Waals surface area contributed by atoms with Gasteiger partial charge >= 0.3 is 12.1 Å².